The van der Waals surface area contributed by atoms with Crippen molar-refractivity contribution in [3.05, 3.63) is 29.3 Å². The molecule has 0 radical (unpaired) electrons. The average Bonchev–Trinajstić information content (AvgIpc) is 3.30. The molecule has 1 aromatic rings. The second-order valence-electron chi connectivity index (χ2n) is 7.46. The fourth-order valence-electron chi connectivity index (χ4n) is 3.01. The number of ether oxygens (including phenoxy) is 1. The van der Waals surface area contributed by atoms with Crippen LogP contribution in [0.1, 0.15) is 57.6 Å². The Kier molecular flexibility index (Phi) is 6.27. The number of amides is 1. The molecule has 1 fully saturated rings. The van der Waals surface area contributed by atoms with Crippen molar-refractivity contribution in [3.63, 3.8) is 0 Å². The first-order valence-electron chi connectivity index (χ1n) is 9.06. The molecule has 0 heterocycles. The lowest BCUT2D eigenvalue weighted by Crippen LogP contribution is -2.41. The van der Waals surface area contributed by atoms with E-state index in [2.05, 4.69) is 50.5 Å². The third-order valence-electron chi connectivity index (χ3n) is 5.11. The Hall–Kier alpha value is -1.55. The quantitative estimate of drug-likeness (QED) is 0.727. The third kappa shape index (κ3) is 4.97. The van der Waals surface area contributed by atoms with Gasteiger partial charge in [0, 0.05) is 24.0 Å². The molecule has 2 N–H and O–H groups in total. The number of hydrogen-bond acceptors (Lipinski definition) is 3. The maximum absolute atomic E-state index is 12.1. The summed E-state index contributed by atoms with van der Waals surface area (Å²) in [6.45, 7) is 9.24. The number of nitrogens with one attached hydrogen (secondary N) is 2. The van der Waals surface area contributed by atoms with E-state index in [0.717, 1.165) is 43.5 Å². The summed E-state index contributed by atoms with van der Waals surface area (Å²) in [7, 11) is 1.70. The van der Waals surface area contributed by atoms with Crippen LogP contribution in [0, 0.1) is 12.3 Å². The van der Waals surface area contributed by atoms with Gasteiger partial charge in [0.15, 0.2) is 0 Å². The van der Waals surface area contributed by atoms with Crippen LogP contribution in [0.3, 0.4) is 0 Å². The van der Waals surface area contributed by atoms with Crippen LogP contribution in [0.5, 0.6) is 5.75 Å². The molecule has 1 amide bonds. The van der Waals surface area contributed by atoms with Gasteiger partial charge >= 0.3 is 0 Å². The van der Waals surface area contributed by atoms with E-state index in [9.17, 15) is 4.79 Å². The number of carbonyl (C=O) groups excluding carboxylic acids is 1. The zero-order valence-electron chi connectivity index (χ0n) is 15.7. The lowest BCUT2D eigenvalue weighted by atomic mass is 10.0. The molecule has 0 aliphatic heterocycles. The summed E-state index contributed by atoms with van der Waals surface area (Å²) in [4.78, 5) is 12.1. The molecule has 1 aromatic carbocycles. The van der Waals surface area contributed by atoms with Crippen LogP contribution in [0.2, 0.25) is 0 Å². The van der Waals surface area contributed by atoms with E-state index in [1.54, 1.807) is 7.11 Å². The van der Waals surface area contributed by atoms with E-state index in [4.69, 9.17) is 4.74 Å². The van der Waals surface area contributed by atoms with Gasteiger partial charge in [0.05, 0.1) is 7.11 Å². The van der Waals surface area contributed by atoms with Crippen molar-refractivity contribution in [1.29, 1.82) is 0 Å². The van der Waals surface area contributed by atoms with Crippen molar-refractivity contribution in [1.82, 2.24) is 10.6 Å². The van der Waals surface area contributed by atoms with Gasteiger partial charge in [-0.3, -0.25) is 4.79 Å². The smallest absolute Gasteiger partial charge is 0.226 e. The highest BCUT2D eigenvalue weighted by atomic mass is 16.5. The Morgan fingerprint density at radius 1 is 1.38 bits per heavy atom. The first-order chi connectivity index (χ1) is 11.4. The Bertz CT molecular complexity index is 567. The Morgan fingerprint density at radius 3 is 2.62 bits per heavy atom. The zero-order chi connectivity index (χ0) is 17.7. The predicted molar refractivity (Wildman–Crippen MR) is 98.2 cm³/mol. The first kappa shape index (κ1) is 18.8. The molecule has 24 heavy (non-hydrogen) atoms. The minimum absolute atomic E-state index is 0.0932. The Labute approximate surface area is 146 Å². The maximum atomic E-state index is 12.1. The molecule has 134 valence electrons. The number of carbonyl (C=O) groups is 1. The topological polar surface area (TPSA) is 50.4 Å². The van der Waals surface area contributed by atoms with Gasteiger partial charge in [-0.25, -0.2) is 0 Å². The number of hydrogen-bond donors (Lipinski definition) is 2. The first-order valence-corrected chi connectivity index (χ1v) is 9.06. The normalized spacial score (nSPS) is 17.9. The Morgan fingerprint density at radius 2 is 2.08 bits per heavy atom. The average molecular weight is 332 g/mol. The van der Waals surface area contributed by atoms with Crippen molar-refractivity contribution < 1.29 is 9.53 Å². The molecular weight excluding hydrogens is 300 g/mol. The molecule has 1 aliphatic carbocycles. The molecule has 0 saturated heterocycles. The van der Waals surface area contributed by atoms with Crippen molar-refractivity contribution in [2.75, 3.05) is 7.11 Å². The fourth-order valence-corrected chi connectivity index (χ4v) is 3.01. The summed E-state index contributed by atoms with van der Waals surface area (Å²) in [6, 6.07) is 6.88. The Balaban J connectivity index is 1.81. The monoisotopic (exact) mass is 332 g/mol. The molecule has 2 atom stereocenters. The molecule has 4 nitrogen and oxygen atoms in total. The van der Waals surface area contributed by atoms with Crippen molar-refractivity contribution in [2.45, 2.75) is 72.0 Å². The summed E-state index contributed by atoms with van der Waals surface area (Å²) in [5.41, 5.74) is 2.32. The van der Waals surface area contributed by atoms with Gasteiger partial charge in [-0.05, 0) is 56.7 Å². The molecular formula is C20H32N2O2. The van der Waals surface area contributed by atoms with E-state index in [0.29, 0.717) is 6.04 Å². The van der Waals surface area contributed by atoms with Crippen LogP contribution in [0.25, 0.3) is 0 Å². The maximum Gasteiger partial charge on any atom is 0.226 e. The number of methoxy groups -OCH3 is 1. The summed E-state index contributed by atoms with van der Waals surface area (Å²) in [6.07, 6.45) is 4.05. The largest absolute Gasteiger partial charge is 0.496 e. The van der Waals surface area contributed by atoms with Crippen LogP contribution in [0.4, 0.5) is 0 Å². The van der Waals surface area contributed by atoms with Gasteiger partial charge in [0.1, 0.15) is 5.75 Å². The molecule has 1 aliphatic rings. The van der Waals surface area contributed by atoms with Crippen molar-refractivity contribution >= 4 is 5.91 Å². The lowest BCUT2D eigenvalue weighted by molar-refractivity contribution is -0.126. The number of rotatable bonds is 9. The highest BCUT2D eigenvalue weighted by molar-refractivity contribution is 5.84. The van der Waals surface area contributed by atoms with Gasteiger partial charge in [0.25, 0.3) is 0 Å². The minimum atomic E-state index is -0.0932. The van der Waals surface area contributed by atoms with Crippen molar-refractivity contribution in [2.24, 2.45) is 5.41 Å². The molecule has 4 heteroatoms. The summed E-state index contributed by atoms with van der Waals surface area (Å²) < 4.78 is 5.31. The van der Waals surface area contributed by atoms with Crippen molar-refractivity contribution in [3.8, 4) is 5.75 Å². The number of benzene rings is 1. The van der Waals surface area contributed by atoms with Crippen LogP contribution in [0.15, 0.2) is 18.2 Å². The van der Waals surface area contributed by atoms with Crippen LogP contribution in [-0.4, -0.2) is 25.1 Å². The molecule has 2 unspecified atom stereocenters. The molecule has 0 bridgehead atoms. The van der Waals surface area contributed by atoms with E-state index in [1.165, 1.54) is 5.56 Å². The highest BCUT2D eigenvalue weighted by Gasteiger charge is 2.45. The van der Waals surface area contributed by atoms with Crippen LogP contribution < -0.4 is 15.4 Å². The third-order valence-corrected chi connectivity index (χ3v) is 5.11. The van der Waals surface area contributed by atoms with Crippen LogP contribution >= 0.6 is 0 Å². The molecule has 1 saturated carbocycles. The number of aryl methyl sites for hydroxylation is 1. The van der Waals surface area contributed by atoms with Gasteiger partial charge in [-0.1, -0.05) is 26.0 Å². The van der Waals surface area contributed by atoms with Gasteiger partial charge in [-0.2, -0.15) is 0 Å². The van der Waals surface area contributed by atoms with E-state index < -0.39 is 0 Å². The van der Waals surface area contributed by atoms with E-state index >= 15 is 0 Å². The molecule has 2 rings (SSSR count). The molecule has 0 spiro atoms. The van der Waals surface area contributed by atoms with Crippen LogP contribution in [-0.2, 0) is 11.3 Å². The summed E-state index contributed by atoms with van der Waals surface area (Å²) in [5, 5.41) is 6.79. The summed E-state index contributed by atoms with van der Waals surface area (Å²) in [5.74, 6) is 1.14. The fraction of sp³-hybridized carbons (Fsp3) is 0.650. The zero-order valence-corrected chi connectivity index (χ0v) is 15.7. The standard InChI is InChI=1S/C20H32N2O2/c1-6-17(12-15(3)22-19(23)20(4)9-10-20)21-13-16-7-8-18(24-5)14(2)11-16/h7-8,11,15,17,21H,6,9-10,12-13H2,1-5H3,(H,22,23). The second-order valence-corrected chi connectivity index (χ2v) is 7.46. The summed E-state index contributed by atoms with van der Waals surface area (Å²) >= 11 is 0. The lowest BCUT2D eigenvalue weighted by Gasteiger charge is -2.23. The predicted octanol–water partition coefficient (Wildman–Crippen LogP) is 3.57. The second kappa shape index (κ2) is 8.02. The molecule has 0 aromatic heterocycles. The highest BCUT2D eigenvalue weighted by Crippen LogP contribution is 2.45. The van der Waals surface area contributed by atoms with Gasteiger partial charge in [-0.15, -0.1) is 0 Å². The van der Waals surface area contributed by atoms with E-state index in [1.807, 2.05) is 6.07 Å². The minimum Gasteiger partial charge on any atom is -0.496 e. The van der Waals surface area contributed by atoms with Gasteiger partial charge < -0.3 is 15.4 Å². The SMILES string of the molecule is CCC(CC(C)NC(=O)C1(C)CC1)NCc1ccc(OC)c(C)c1. The van der Waals surface area contributed by atoms with Gasteiger partial charge in [0.2, 0.25) is 5.91 Å². The van der Waals surface area contributed by atoms with E-state index in [-0.39, 0.29) is 17.4 Å².